The highest BCUT2D eigenvalue weighted by molar-refractivity contribution is 5.88. The zero-order chi connectivity index (χ0) is 11.5. The SMILES string of the molecule is CN1CCNC(CC(=O)N2CCCC2)C1=O. The fraction of sp³-hybridized carbons (Fsp3) is 0.818. The smallest absolute Gasteiger partial charge is 0.240 e. The molecule has 1 unspecified atom stereocenters. The lowest BCUT2D eigenvalue weighted by molar-refractivity contribution is -0.139. The van der Waals surface area contributed by atoms with Gasteiger partial charge >= 0.3 is 0 Å². The molecular formula is C11H19N3O2. The number of piperazine rings is 1. The van der Waals surface area contributed by atoms with Crippen molar-refractivity contribution in [2.75, 3.05) is 33.2 Å². The van der Waals surface area contributed by atoms with Crippen LogP contribution < -0.4 is 5.32 Å². The largest absolute Gasteiger partial charge is 0.343 e. The fourth-order valence-electron chi connectivity index (χ4n) is 2.30. The molecule has 2 heterocycles. The molecule has 16 heavy (non-hydrogen) atoms. The van der Waals surface area contributed by atoms with E-state index in [0.717, 1.165) is 39.0 Å². The van der Waals surface area contributed by atoms with Gasteiger partial charge in [-0.1, -0.05) is 0 Å². The maximum atomic E-state index is 11.9. The van der Waals surface area contributed by atoms with Gasteiger partial charge in [-0.15, -0.1) is 0 Å². The Labute approximate surface area is 95.8 Å². The van der Waals surface area contributed by atoms with E-state index < -0.39 is 0 Å². The third-order valence-electron chi connectivity index (χ3n) is 3.35. The predicted octanol–water partition coefficient (Wildman–Crippen LogP) is -0.571. The maximum absolute atomic E-state index is 11.9. The third-order valence-corrected chi connectivity index (χ3v) is 3.35. The van der Waals surface area contributed by atoms with Crippen LogP contribution in [0.2, 0.25) is 0 Å². The highest BCUT2D eigenvalue weighted by Crippen LogP contribution is 2.11. The number of amides is 2. The minimum absolute atomic E-state index is 0.0406. The number of likely N-dealkylation sites (tertiary alicyclic amines) is 1. The van der Waals surface area contributed by atoms with Gasteiger partial charge in [0.2, 0.25) is 11.8 Å². The van der Waals surface area contributed by atoms with Gasteiger partial charge in [0.25, 0.3) is 0 Å². The maximum Gasteiger partial charge on any atom is 0.240 e. The van der Waals surface area contributed by atoms with Crippen LogP contribution in [0.3, 0.4) is 0 Å². The van der Waals surface area contributed by atoms with E-state index in [0.29, 0.717) is 6.42 Å². The Balaban J connectivity index is 1.88. The third kappa shape index (κ3) is 2.35. The van der Waals surface area contributed by atoms with Gasteiger partial charge in [0.1, 0.15) is 0 Å². The molecule has 2 saturated heterocycles. The lowest BCUT2D eigenvalue weighted by atomic mass is 10.1. The molecule has 0 saturated carbocycles. The zero-order valence-electron chi connectivity index (χ0n) is 9.74. The number of nitrogens with zero attached hydrogens (tertiary/aromatic N) is 2. The molecule has 0 aromatic rings. The van der Waals surface area contributed by atoms with Gasteiger partial charge in [-0.3, -0.25) is 9.59 Å². The first-order valence-corrected chi connectivity index (χ1v) is 5.94. The Morgan fingerprint density at radius 2 is 2.06 bits per heavy atom. The molecule has 0 bridgehead atoms. The van der Waals surface area contributed by atoms with Crippen LogP contribution in [0.5, 0.6) is 0 Å². The first kappa shape index (κ1) is 11.4. The van der Waals surface area contributed by atoms with Crippen molar-refractivity contribution in [2.45, 2.75) is 25.3 Å². The topological polar surface area (TPSA) is 52.7 Å². The molecule has 5 nitrogen and oxygen atoms in total. The normalized spacial score (nSPS) is 26.3. The van der Waals surface area contributed by atoms with Gasteiger partial charge in [-0.25, -0.2) is 0 Å². The standard InChI is InChI=1S/C11H19N3O2/c1-13-7-4-12-9(11(13)16)8-10(15)14-5-2-3-6-14/h9,12H,2-8H2,1H3. The number of hydrogen-bond donors (Lipinski definition) is 1. The number of carbonyl (C=O) groups excluding carboxylic acids is 2. The van der Waals surface area contributed by atoms with Crippen molar-refractivity contribution in [1.82, 2.24) is 15.1 Å². The number of rotatable bonds is 2. The highest BCUT2D eigenvalue weighted by Gasteiger charge is 2.30. The van der Waals surface area contributed by atoms with Crippen LogP contribution in [-0.2, 0) is 9.59 Å². The second-order valence-corrected chi connectivity index (χ2v) is 4.56. The summed E-state index contributed by atoms with van der Waals surface area (Å²) in [6.45, 7) is 3.22. The molecule has 0 aliphatic carbocycles. The van der Waals surface area contributed by atoms with Crippen LogP contribution in [-0.4, -0.2) is 60.9 Å². The molecule has 2 fully saturated rings. The number of carbonyl (C=O) groups is 2. The van der Waals surface area contributed by atoms with Crippen LogP contribution in [0.15, 0.2) is 0 Å². The molecule has 90 valence electrons. The molecular weight excluding hydrogens is 206 g/mol. The number of nitrogens with one attached hydrogen (secondary N) is 1. The molecule has 2 aliphatic heterocycles. The molecule has 0 radical (unpaired) electrons. The summed E-state index contributed by atoms with van der Waals surface area (Å²) in [6, 6.07) is -0.313. The Morgan fingerprint density at radius 1 is 1.38 bits per heavy atom. The molecule has 2 rings (SSSR count). The molecule has 2 amide bonds. The van der Waals surface area contributed by atoms with Gasteiger partial charge in [0, 0.05) is 33.2 Å². The first-order chi connectivity index (χ1) is 7.68. The zero-order valence-corrected chi connectivity index (χ0v) is 9.74. The van der Waals surface area contributed by atoms with E-state index in [9.17, 15) is 9.59 Å². The number of likely N-dealkylation sites (N-methyl/N-ethyl adjacent to an activating group) is 1. The van der Waals surface area contributed by atoms with Crippen molar-refractivity contribution in [3.8, 4) is 0 Å². The quantitative estimate of drug-likeness (QED) is 0.684. The summed E-state index contributed by atoms with van der Waals surface area (Å²) < 4.78 is 0. The molecule has 2 aliphatic rings. The molecule has 1 N–H and O–H groups in total. The van der Waals surface area contributed by atoms with E-state index in [4.69, 9.17) is 0 Å². The van der Waals surface area contributed by atoms with Crippen LogP contribution in [0.25, 0.3) is 0 Å². The summed E-state index contributed by atoms with van der Waals surface area (Å²) in [6.07, 6.45) is 2.50. The van der Waals surface area contributed by atoms with Crippen LogP contribution >= 0.6 is 0 Å². The van der Waals surface area contributed by atoms with Crippen LogP contribution in [0.4, 0.5) is 0 Å². The van der Waals surface area contributed by atoms with E-state index in [1.54, 1.807) is 11.9 Å². The predicted molar refractivity (Wildman–Crippen MR) is 59.9 cm³/mol. The van der Waals surface area contributed by atoms with E-state index in [1.807, 2.05) is 4.90 Å². The van der Waals surface area contributed by atoms with Crippen LogP contribution in [0.1, 0.15) is 19.3 Å². The summed E-state index contributed by atoms with van der Waals surface area (Å²) in [5.74, 6) is 0.150. The summed E-state index contributed by atoms with van der Waals surface area (Å²) in [7, 11) is 1.79. The number of hydrogen-bond acceptors (Lipinski definition) is 3. The molecule has 0 spiro atoms. The van der Waals surface area contributed by atoms with Crippen molar-refractivity contribution in [1.29, 1.82) is 0 Å². The van der Waals surface area contributed by atoms with Gasteiger partial charge in [0.05, 0.1) is 12.5 Å². The summed E-state index contributed by atoms with van der Waals surface area (Å²) in [5.41, 5.74) is 0. The molecule has 0 aromatic heterocycles. The Bertz CT molecular complexity index is 287. The summed E-state index contributed by atoms with van der Waals surface area (Å²) >= 11 is 0. The van der Waals surface area contributed by atoms with E-state index >= 15 is 0 Å². The lowest BCUT2D eigenvalue weighted by Gasteiger charge is -2.30. The Hall–Kier alpha value is -1.10. The Morgan fingerprint density at radius 3 is 2.75 bits per heavy atom. The average molecular weight is 225 g/mol. The second-order valence-electron chi connectivity index (χ2n) is 4.56. The minimum Gasteiger partial charge on any atom is -0.343 e. The Kier molecular flexibility index (Phi) is 3.43. The first-order valence-electron chi connectivity index (χ1n) is 5.94. The van der Waals surface area contributed by atoms with E-state index in [1.165, 1.54) is 0 Å². The second kappa shape index (κ2) is 4.82. The van der Waals surface area contributed by atoms with E-state index in [-0.39, 0.29) is 17.9 Å². The van der Waals surface area contributed by atoms with Crippen molar-refractivity contribution >= 4 is 11.8 Å². The summed E-state index contributed by atoms with van der Waals surface area (Å²) in [4.78, 5) is 27.2. The highest BCUT2D eigenvalue weighted by atomic mass is 16.2. The van der Waals surface area contributed by atoms with Crippen molar-refractivity contribution < 1.29 is 9.59 Å². The van der Waals surface area contributed by atoms with Crippen molar-refractivity contribution in [3.05, 3.63) is 0 Å². The lowest BCUT2D eigenvalue weighted by Crippen LogP contribution is -2.54. The molecule has 5 heteroatoms. The van der Waals surface area contributed by atoms with Gasteiger partial charge in [-0.2, -0.15) is 0 Å². The average Bonchev–Trinajstić information content (AvgIpc) is 2.78. The fourth-order valence-corrected chi connectivity index (χ4v) is 2.30. The van der Waals surface area contributed by atoms with E-state index in [2.05, 4.69) is 5.32 Å². The van der Waals surface area contributed by atoms with Gasteiger partial charge < -0.3 is 15.1 Å². The van der Waals surface area contributed by atoms with Crippen LogP contribution in [0, 0.1) is 0 Å². The van der Waals surface area contributed by atoms with Crippen molar-refractivity contribution in [2.24, 2.45) is 0 Å². The van der Waals surface area contributed by atoms with Gasteiger partial charge in [-0.05, 0) is 12.8 Å². The summed E-state index contributed by atoms with van der Waals surface area (Å²) in [5, 5.41) is 3.11. The molecule has 1 atom stereocenters. The minimum atomic E-state index is -0.313. The van der Waals surface area contributed by atoms with Crippen molar-refractivity contribution in [3.63, 3.8) is 0 Å². The molecule has 0 aromatic carbocycles. The van der Waals surface area contributed by atoms with Gasteiger partial charge in [0.15, 0.2) is 0 Å². The monoisotopic (exact) mass is 225 g/mol.